The minimum atomic E-state index is -0.301. The van der Waals surface area contributed by atoms with E-state index in [1.807, 2.05) is 4.68 Å². The van der Waals surface area contributed by atoms with Gasteiger partial charge in [0.1, 0.15) is 6.04 Å². The summed E-state index contributed by atoms with van der Waals surface area (Å²) in [6, 6.07) is 16.8. The topological polar surface area (TPSA) is 82.9 Å². The SMILES string of the molecule is Cc1cc2cc(C(c3nnnn3C3CCCCC3)N3CCN(c4ccccc4)CC3)c(=O)[nH]c2cc1C. The Labute approximate surface area is 217 Å². The van der Waals surface area contributed by atoms with Crippen LogP contribution in [0.25, 0.3) is 10.9 Å². The van der Waals surface area contributed by atoms with Crippen LogP contribution in [0.3, 0.4) is 0 Å². The molecule has 2 aliphatic rings. The van der Waals surface area contributed by atoms with Gasteiger partial charge in [0, 0.05) is 42.9 Å². The maximum Gasteiger partial charge on any atom is 0.253 e. The van der Waals surface area contributed by atoms with E-state index in [2.05, 4.69) is 92.7 Å². The molecule has 1 saturated carbocycles. The molecule has 0 bridgehead atoms. The fourth-order valence-corrected chi connectivity index (χ4v) is 6.04. The maximum atomic E-state index is 13.6. The number of tetrazole rings is 1. The number of aromatic amines is 1. The predicted molar refractivity (Wildman–Crippen MR) is 146 cm³/mol. The van der Waals surface area contributed by atoms with Crippen molar-refractivity contribution in [1.82, 2.24) is 30.1 Å². The second-order valence-corrected chi connectivity index (χ2v) is 10.6. The molecule has 8 nitrogen and oxygen atoms in total. The molecule has 1 aliphatic carbocycles. The summed E-state index contributed by atoms with van der Waals surface area (Å²) in [5.74, 6) is 0.786. The standard InChI is InChI=1S/C29H35N7O/c1-20-17-22-19-25(29(37)30-26(22)18-21(20)2)27(28-31-32-33-36(28)24-11-7-4-8-12-24)35-15-13-34(14-16-35)23-9-5-3-6-10-23/h3,5-6,9-10,17-19,24,27H,4,7-8,11-16H2,1-2H3,(H,30,37). The quantitative estimate of drug-likeness (QED) is 0.436. The highest BCUT2D eigenvalue weighted by molar-refractivity contribution is 5.81. The van der Waals surface area contributed by atoms with Crippen molar-refractivity contribution in [3.8, 4) is 0 Å². The summed E-state index contributed by atoms with van der Waals surface area (Å²) in [6.07, 6.45) is 5.82. The molecule has 192 valence electrons. The van der Waals surface area contributed by atoms with Crippen molar-refractivity contribution < 1.29 is 0 Å². The van der Waals surface area contributed by atoms with Crippen LogP contribution in [0.2, 0.25) is 0 Å². The molecule has 1 aliphatic heterocycles. The van der Waals surface area contributed by atoms with Crippen LogP contribution in [0.4, 0.5) is 5.69 Å². The molecule has 8 heteroatoms. The third-order valence-electron chi connectivity index (χ3n) is 8.27. The number of rotatable bonds is 5. The molecule has 0 amide bonds. The molecule has 2 fully saturated rings. The van der Waals surface area contributed by atoms with E-state index in [0.29, 0.717) is 0 Å². The summed E-state index contributed by atoms with van der Waals surface area (Å²) in [5, 5.41) is 14.2. The van der Waals surface area contributed by atoms with Gasteiger partial charge in [0.15, 0.2) is 5.82 Å². The van der Waals surface area contributed by atoms with E-state index >= 15 is 0 Å². The molecule has 1 atom stereocenters. The van der Waals surface area contributed by atoms with Crippen LogP contribution in [-0.2, 0) is 0 Å². The average Bonchev–Trinajstić information content (AvgIpc) is 3.41. The largest absolute Gasteiger partial charge is 0.369 e. The number of nitrogens with zero attached hydrogens (tertiary/aromatic N) is 6. The van der Waals surface area contributed by atoms with E-state index in [1.54, 1.807) is 0 Å². The fourth-order valence-electron chi connectivity index (χ4n) is 6.04. The van der Waals surface area contributed by atoms with Gasteiger partial charge in [-0.1, -0.05) is 37.5 Å². The van der Waals surface area contributed by atoms with Gasteiger partial charge in [-0.05, 0) is 84.0 Å². The van der Waals surface area contributed by atoms with Crippen LogP contribution in [0.5, 0.6) is 0 Å². The number of aromatic nitrogens is 5. The molecule has 2 aromatic heterocycles. The van der Waals surface area contributed by atoms with Gasteiger partial charge in [0.25, 0.3) is 5.56 Å². The zero-order valence-corrected chi connectivity index (χ0v) is 21.7. The van der Waals surface area contributed by atoms with Crippen molar-refractivity contribution in [2.24, 2.45) is 0 Å². The van der Waals surface area contributed by atoms with Crippen LogP contribution in [0.1, 0.15) is 66.7 Å². The lowest BCUT2D eigenvalue weighted by atomic mass is 9.95. The molecule has 2 aromatic carbocycles. The van der Waals surface area contributed by atoms with Crippen LogP contribution < -0.4 is 10.5 Å². The van der Waals surface area contributed by atoms with Crippen LogP contribution in [0.15, 0.2) is 53.3 Å². The van der Waals surface area contributed by atoms with Gasteiger partial charge >= 0.3 is 0 Å². The molecule has 1 unspecified atom stereocenters. The first kappa shape index (κ1) is 23.9. The van der Waals surface area contributed by atoms with Gasteiger partial charge in [0.05, 0.1) is 6.04 Å². The lowest BCUT2D eigenvalue weighted by Gasteiger charge is -2.40. The number of anilines is 1. The van der Waals surface area contributed by atoms with Crippen molar-refractivity contribution in [1.29, 1.82) is 0 Å². The summed E-state index contributed by atoms with van der Waals surface area (Å²) < 4.78 is 2.03. The Hall–Kier alpha value is -3.52. The maximum absolute atomic E-state index is 13.6. The highest BCUT2D eigenvalue weighted by Gasteiger charge is 2.34. The number of piperazine rings is 1. The lowest BCUT2D eigenvalue weighted by molar-refractivity contribution is 0.192. The number of hydrogen-bond acceptors (Lipinski definition) is 6. The van der Waals surface area contributed by atoms with Crippen molar-refractivity contribution in [3.63, 3.8) is 0 Å². The van der Waals surface area contributed by atoms with Crippen LogP contribution in [-0.4, -0.2) is 56.3 Å². The van der Waals surface area contributed by atoms with E-state index in [0.717, 1.165) is 61.3 Å². The molecule has 37 heavy (non-hydrogen) atoms. The first-order valence-electron chi connectivity index (χ1n) is 13.5. The average molecular weight is 498 g/mol. The number of para-hydroxylation sites is 1. The molecule has 1 saturated heterocycles. The Kier molecular flexibility index (Phi) is 6.50. The van der Waals surface area contributed by atoms with Gasteiger partial charge in [-0.2, -0.15) is 0 Å². The van der Waals surface area contributed by atoms with E-state index in [-0.39, 0.29) is 17.6 Å². The van der Waals surface area contributed by atoms with Gasteiger partial charge in [-0.3, -0.25) is 9.69 Å². The van der Waals surface area contributed by atoms with E-state index in [1.165, 1.54) is 36.1 Å². The monoisotopic (exact) mass is 497 g/mol. The second kappa shape index (κ2) is 10.1. The molecule has 0 spiro atoms. The third-order valence-corrected chi connectivity index (χ3v) is 8.27. The van der Waals surface area contributed by atoms with Gasteiger partial charge in [0.2, 0.25) is 0 Å². The number of pyridine rings is 1. The minimum Gasteiger partial charge on any atom is -0.369 e. The Morgan fingerprint density at radius 3 is 2.41 bits per heavy atom. The number of fused-ring (bicyclic) bond motifs is 1. The highest BCUT2D eigenvalue weighted by atomic mass is 16.1. The van der Waals surface area contributed by atoms with E-state index < -0.39 is 0 Å². The molecule has 6 rings (SSSR count). The molecular weight excluding hydrogens is 462 g/mol. The molecule has 0 radical (unpaired) electrons. The number of hydrogen-bond donors (Lipinski definition) is 1. The zero-order valence-electron chi connectivity index (χ0n) is 21.7. The van der Waals surface area contributed by atoms with Crippen molar-refractivity contribution in [2.75, 3.05) is 31.1 Å². The third kappa shape index (κ3) is 4.66. The first-order chi connectivity index (χ1) is 18.1. The van der Waals surface area contributed by atoms with Gasteiger partial charge in [-0.25, -0.2) is 4.68 Å². The second-order valence-electron chi connectivity index (χ2n) is 10.6. The summed E-state index contributed by atoms with van der Waals surface area (Å²) in [5.41, 5.74) is 5.15. The summed E-state index contributed by atoms with van der Waals surface area (Å²) >= 11 is 0. The fraction of sp³-hybridized carbons (Fsp3) is 0.448. The molecule has 4 aromatic rings. The Morgan fingerprint density at radius 2 is 1.65 bits per heavy atom. The Morgan fingerprint density at radius 1 is 0.919 bits per heavy atom. The van der Waals surface area contributed by atoms with Crippen molar-refractivity contribution in [2.45, 2.75) is 58.0 Å². The van der Waals surface area contributed by atoms with E-state index in [9.17, 15) is 4.79 Å². The zero-order chi connectivity index (χ0) is 25.4. The number of nitrogens with one attached hydrogen (secondary N) is 1. The highest BCUT2D eigenvalue weighted by Crippen LogP contribution is 2.34. The Balaban J connectivity index is 1.41. The smallest absolute Gasteiger partial charge is 0.253 e. The summed E-state index contributed by atoms with van der Waals surface area (Å²) in [6.45, 7) is 7.60. The van der Waals surface area contributed by atoms with Crippen molar-refractivity contribution >= 4 is 16.6 Å². The normalized spacial score (nSPS) is 18.4. The number of aryl methyl sites for hydroxylation is 2. The van der Waals surface area contributed by atoms with Crippen LogP contribution in [0, 0.1) is 13.8 Å². The Bertz CT molecular complexity index is 1430. The van der Waals surface area contributed by atoms with Gasteiger partial charge < -0.3 is 9.88 Å². The predicted octanol–water partition coefficient (Wildman–Crippen LogP) is 4.55. The molecular formula is C29H35N7O. The summed E-state index contributed by atoms with van der Waals surface area (Å²) in [7, 11) is 0. The van der Waals surface area contributed by atoms with Crippen molar-refractivity contribution in [3.05, 3.63) is 81.4 Å². The summed E-state index contributed by atoms with van der Waals surface area (Å²) in [4.78, 5) is 21.6. The molecule has 1 N–H and O–H groups in total. The van der Waals surface area contributed by atoms with Gasteiger partial charge in [-0.15, -0.1) is 5.10 Å². The number of H-pyrrole nitrogens is 1. The van der Waals surface area contributed by atoms with E-state index in [4.69, 9.17) is 0 Å². The number of benzene rings is 2. The lowest BCUT2D eigenvalue weighted by Crippen LogP contribution is -2.49. The molecule has 3 heterocycles. The first-order valence-corrected chi connectivity index (χ1v) is 13.5. The van der Waals surface area contributed by atoms with Crippen LogP contribution >= 0.6 is 0 Å². The minimum absolute atomic E-state index is 0.0653.